The molecular formula is C20H20F3N5OS. The first-order chi connectivity index (χ1) is 14.0. The Labute approximate surface area is 175 Å². The van der Waals surface area contributed by atoms with E-state index in [1.54, 1.807) is 10.7 Å². The highest BCUT2D eigenvalue weighted by molar-refractivity contribution is 7.99. The normalized spacial score (nSPS) is 12.1. The van der Waals surface area contributed by atoms with E-state index in [9.17, 15) is 18.0 Å². The first kappa shape index (κ1) is 21.8. The van der Waals surface area contributed by atoms with E-state index in [0.717, 1.165) is 35.4 Å². The highest BCUT2D eigenvalue weighted by Gasteiger charge is 2.32. The Kier molecular flexibility index (Phi) is 6.16. The number of alkyl halides is 3. The number of carbonyl (C=O) groups excluding carboxylic acids is 1. The third kappa shape index (κ3) is 5.38. The summed E-state index contributed by atoms with van der Waals surface area (Å²) in [6.07, 6.45) is -3.54. The molecule has 10 heteroatoms. The van der Waals surface area contributed by atoms with Crippen molar-refractivity contribution >= 4 is 23.5 Å². The highest BCUT2D eigenvalue weighted by atomic mass is 32.2. The number of para-hydroxylation sites is 1. The minimum absolute atomic E-state index is 0.119. The summed E-state index contributed by atoms with van der Waals surface area (Å²) in [6, 6.07) is 11.9. The van der Waals surface area contributed by atoms with Gasteiger partial charge in [-0.15, -0.1) is 0 Å². The summed E-state index contributed by atoms with van der Waals surface area (Å²) in [5, 5.41) is 7.27. The predicted molar refractivity (Wildman–Crippen MR) is 109 cm³/mol. The molecule has 0 spiro atoms. The Hall–Kier alpha value is -2.88. The van der Waals surface area contributed by atoms with Gasteiger partial charge in [-0.25, -0.2) is 14.6 Å². The lowest BCUT2D eigenvalue weighted by Gasteiger charge is -2.14. The molecule has 1 aromatic carbocycles. The summed E-state index contributed by atoms with van der Waals surface area (Å²) in [4.78, 5) is 19.7. The number of hydrogen-bond acceptors (Lipinski definition) is 5. The molecule has 1 amide bonds. The van der Waals surface area contributed by atoms with Crippen molar-refractivity contribution in [2.24, 2.45) is 0 Å². The second-order valence-corrected chi connectivity index (χ2v) is 8.41. The molecular weight excluding hydrogens is 415 g/mol. The molecule has 0 saturated heterocycles. The number of anilines is 1. The van der Waals surface area contributed by atoms with Crippen molar-refractivity contribution in [1.29, 1.82) is 0 Å². The van der Waals surface area contributed by atoms with Crippen LogP contribution >= 0.6 is 11.8 Å². The molecule has 1 N–H and O–H groups in total. The molecule has 30 heavy (non-hydrogen) atoms. The number of carbonyl (C=O) groups is 1. The lowest BCUT2D eigenvalue weighted by Crippen LogP contribution is -2.17. The van der Waals surface area contributed by atoms with Crippen molar-refractivity contribution in [3.05, 3.63) is 60.0 Å². The van der Waals surface area contributed by atoms with Crippen molar-refractivity contribution in [2.45, 2.75) is 37.5 Å². The van der Waals surface area contributed by atoms with Crippen LogP contribution in [0, 0.1) is 0 Å². The van der Waals surface area contributed by atoms with Gasteiger partial charge in [-0.2, -0.15) is 18.3 Å². The van der Waals surface area contributed by atoms with Crippen molar-refractivity contribution in [3.8, 4) is 5.69 Å². The smallest absolute Gasteiger partial charge is 0.310 e. The summed E-state index contributed by atoms with van der Waals surface area (Å²) >= 11 is 0.828. The van der Waals surface area contributed by atoms with Crippen molar-refractivity contribution in [3.63, 3.8) is 0 Å². The Balaban J connectivity index is 1.76. The number of halogens is 3. The predicted octanol–water partition coefficient (Wildman–Crippen LogP) is 4.71. The Morgan fingerprint density at radius 2 is 1.80 bits per heavy atom. The number of hydrogen-bond donors (Lipinski definition) is 1. The van der Waals surface area contributed by atoms with E-state index in [1.165, 1.54) is 0 Å². The number of aromatic nitrogens is 4. The van der Waals surface area contributed by atoms with Crippen LogP contribution in [0.25, 0.3) is 5.69 Å². The van der Waals surface area contributed by atoms with Gasteiger partial charge >= 0.3 is 6.18 Å². The van der Waals surface area contributed by atoms with Crippen LogP contribution in [0.4, 0.5) is 19.0 Å². The van der Waals surface area contributed by atoms with Crippen LogP contribution in [0.3, 0.4) is 0 Å². The minimum Gasteiger partial charge on any atom is -0.310 e. The fourth-order valence-corrected chi connectivity index (χ4v) is 3.11. The molecule has 3 rings (SSSR count). The van der Waals surface area contributed by atoms with Gasteiger partial charge in [0.2, 0.25) is 5.91 Å². The number of thioether (sulfide) groups is 1. The van der Waals surface area contributed by atoms with Crippen LogP contribution in [-0.2, 0) is 16.4 Å². The summed E-state index contributed by atoms with van der Waals surface area (Å²) in [7, 11) is 0. The second-order valence-electron chi connectivity index (χ2n) is 7.47. The van der Waals surface area contributed by atoms with Gasteiger partial charge in [0.1, 0.15) is 11.5 Å². The number of amides is 1. The molecule has 158 valence electrons. The summed E-state index contributed by atoms with van der Waals surface area (Å²) in [5.41, 5.74) is 0.283. The SMILES string of the molecule is CC(C)(C)c1cc(NC(=O)CSc2nccc(C(F)(F)F)n2)n(-c2ccccc2)n1. The quantitative estimate of drug-likeness (QED) is 0.464. The zero-order valence-electron chi connectivity index (χ0n) is 16.6. The van der Waals surface area contributed by atoms with Crippen LogP contribution in [0.5, 0.6) is 0 Å². The fourth-order valence-electron chi connectivity index (χ4n) is 2.48. The Morgan fingerprint density at radius 3 is 2.43 bits per heavy atom. The molecule has 0 atom stereocenters. The van der Waals surface area contributed by atoms with Gasteiger partial charge in [0.25, 0.3) is 0 Å². The number of nitrogens with one attached hydrogen (secondary N) is 1. The lowest BCUT2D eigenvalue weighted by atomic mass is 9.92. The zero-order valence-corrected chi connectivity index (χ0v) is 17.4. The van der Waals surface area contributed by atoms with E-state index in [2.05, 4.69) is 20.4 Å². The van der Waals surface area contributed by atoms with Gasteiger partial charge < -0.3 is 5.32 Å². The molecule has 0 bridgehead atoms. The summed E-state index contributed by atoms with van der Waals surface area (Å²) in [6.45, 7) is 6.03. The van der Waals surface area contributed by atoms with Crippen molar-refractivity contribution < 1.29 is 18.0 Å². The molecule has 0 unspecified atom stereocenters. The zero-order chi connectivity index (χ0) is 21.9. The van der Waals surface area contributed by atoms with Crippen LogP contribution in [0.1, 0.15) is 32.2 Å². The van der Waals surface area contributed by atoms with Crippen molar-refractivity contribution in [1.82, 2.24) is 19.7 Å². The average Bonchev–Trinajstić information content (AvgIpc) is 3.11. The monoisotopic (exact) mass is 435 g/mol. The van der Waals surface area contributed by atoms with Gasteiger partial charge in [0, 0.05) is 17.7 Å². The number of nitrogens with zero attached hydrogens (tertiary/aromatic N) is 4. The molecule has 2 heterocycles. The van der Waals surface area contributed by atoms with Crippen LogP contribution < -0.4 is 5.32 Å². The summed E-state index contributed by atoms with van der Waals surface area (Å²) in [5.74, 6) is -0.0770. The second kappa shape index (κ2) is 8.47. The molecule has 2 aromatic heterocycles. The lowest BCUT2D eigenvalue weighted by molar-refractivity contribution is -0.141. The maximum Gasteiger partial charge on any atom is 0.433 e. The molecule has 3 aromatic rings. The number of benzene rings is 1. The molecule has 0 aliphatic carbocycles. The average molecular weight is 435 g/mol. The third-order valence-electron chi connectivity index (χ3n) is 4.00. The first-order valence-electron chi connectivity index (χ1n) is 9.03. The van der Waals surface area contributed by atoms with E-state index < -0.39 is 17.8 Å². The van der Waals surface area contributed by atoms with Gasteiger partial charge in [0.05, 0.1) is 17.1 Å². The fraction of sp³-hybridized carbons (Fsp3) is 0.300. The van der Waals surface area contributed by atoms with E-state index in [4.69, 9.17) is 0 Å². The largest absolute Gasteiger partial charge is 0.433 e. The van der Waals surface area contributed by atoms with Gasteiger partial charge in [-0.3, -0.25) is 4.79 Å². The van der Waals surface area contributed by atoms with E-state index in [1.807, 2.05) is 51.1 Å². The molecule has 0 aliphatic rings. The molecule has 0 aliphatic heterocycles. The maximum atomic E-state index is 12.8. The topological polar surface area (TPSA) is 72.7 Å². The molecule has 6 nitrogen and oxygen atoms in total. The molecule has 0 fully saturated rings. The standard InChI is InChI=1S/C20H20F3N5OS/c1-19(2,3)15-11-16(28(27-15)13-7-5-4-6-8-13)26-17(29)12-30-18-24-10-9-14(25-18)20(21,22)23/h4-11H,12H2,1-3H3,(H,26,29). The van der Waals surface area contributed by atoms with Gasteiger partial charge in [0.15, 0.2) is 5.16 Å². The molecule has 0 saturated carbocycles. The van der Waals surface area contributed by atoms with Crippen LogP contribution in [0.2, 0.25) is 0 Å². The molecule has 0 radical (unpaired) electrons. The van der Waals surface area contributed by atoms with Crippen LogP contribution in [0.15, 0.2) is 53.8 Å². The van der Waals surface area contributed by atoms with Crippen molar-refractivity contribution in [2.75, 3.05) is 11.1 Å². The highest BCUT2D eigenvalue weighted by Crippen LogP contribution is 2.29. The maximum absolute atomic E-state index is 12.8. The Morgan fingerprint density at radius 1 is 1.10 bits per heavy atom. The Bertz CT molecular complexity index is 1030. The van der Waals surface area contributed by atoms with E-state index in [0.29, 0.717) is 5.82 Å². The summed E-state index contributed by atoms with van der Waals surface area (Å²) < 4.78 is 39.9. The van der Waals surface area contributed by atoms with E-state index >= 15 is 0 Å². The van der Waals surface area contributed by atoms with Gasteiger partial charge in [-0.1, -0.05) is 50.7 Å². The number of rotatable bonds is 5. The first-order valence-corrected chi connectivity index (χ1v) is 10.0. The van der Waals surface area contributed by atoms with E-state index in [-0.39, 0.29) is 16.3 Å². The third-order valence-corrected chi connectivity index (χ3v) is 4.86. The van der Waals surface area contributed by atoms with Gasteiger partial charge in [-0.05, 0) is 18.2 Å². The van der Waals surface area contributed by atoms with Crippen LogP contribution in [-0.4, -0.2) is 31.4 Å². The minimum atomic E-state index is -4.56.